The molecular formula is C7H14O2. The van der Waals surface area contributed by atoms with Crippen LogP contribution in [0.2, 0.25) is 0 Å². The van der Waals surface area contributed by atoms with Crippen LogP contribution in [-0.4, -0.2) is 23.9 Å². The Labute approximate surface area is 55.8 Å². The van der Waals surface area contributed by atoms with E-state index in [1.807, 2.05) is 20.8 Å². The Kier molecular flexibility index (Phi) is 1.33. The Morgan fingerprint density at radius 1 is 1.22 bits per heavy atom. The summed E-state index contributed by atoms with van der Waals surface area (Å²) in [5, 5.41) is 9.60. The van der Waals surface area contributed by atoms with Crippen LogP contribution in [0.5, 0.6) is 0 Å². The fourth-order valence-corrected chi connectivity index (χ4v) is 0.856. The second kappa shape index (κ2) is 1.70. The third-order valence-corrected chi connectivity index (χ3v) is 2.30. The molecule has 1 unspecified atom stereocenters. The molecule has 0 spiro atoms. The predicted octanol–water partition coefficient (Wildman–Crippen LogP) is 0.794. The Balaban J connectivity index is 2.75. The molecule has 0 saturated carbocycles. The van der Waals surface area contributed by atoms with Gasteiger partial charge in [0.25, 0.3) is 0 Å². The lowest BCUT2D eigenvalue weighted by atomic mass is 9.79. The Hall–Kier alpha value is -0.0800. The van der Waals surface area contributed by atoms with E-state index in [-0.39, 0.29) is 5.41 Å². The summed E-state index contributed by atoms with van der Waals surface area (Å²) in [7, 11) is 0. The summed E-state index contributed by atoms with van der Waals surface area (Å²) in [4.78, 5) is 0. The van der Waals surface area contributed by atoms with E-state index < -0.39 is 5.60 Å². The molecule has 2 nitrogen and oxygen atoms in total. The van der Waals surface area contributed by atoms with E-state index in [0.717, 1.165) is 0 Å². The van der Waals surface area contributed by atoms with Crippen molar-refractivity contribution in [2.24, 2.45) is 5.41 Å². The lowest BCUT2D eigenvalue weighted by Crippen LogP contribution is -2.40. The van der Waals surface area contributed by atoms with Gasteiger partial charge in [-0.2, -0.15) is 0 Å². The molecule has 0 bridgehead atoms. The summed E-state index contributed by atoms with van der Waals surface area (Å²) < 4.78 is 5.12. The summed E-state index contributed by atoms with van der Waals surface area (Å²) in [5.74, 6) is 0. The molecule has 0 amide bonds. The van der Waals surface area contributed by atoms with Crippen LogP contribution in [0.25, 0.3) is 0 Å². The van der Waals surface area contributed by atoms with Gasteiger partial charge in [0.15, 0.2) is 0 Å². The first-order valence-electron chi connectivity index (χ1n) is 3.26. The maximum atomic E-state index is 9.60. The zero-order valence-corrected chi connectivity index (χ0v) is 6.27. The summed E-state index contributed by atoms with van der Waals surface area (Å²) in [5.41, 5.74) is -0.708. The lowest BCUT2D eigenvalue weighted by Gasteiger charge is -2.30. The molecule has 1 N–H and O–H groups in total. The monoisotopic (exact) mass is 130 g/mol. The average molecular weight is 130 g/mol. The molecule has 0 aromatic rings. The number of hydrogen-bond donors (Lipinski definition) is 1. The number of rotatable bonds is 0. The molecular weight excluding hydrogens is 116 g/mol. The fourth-order valence-electron chi connectivity index (χ4n) is 0.856. The first kappa shape index (κ1) is 7.03. The molecule has 9 heavy (non-hydrogen) atoms. The van der Waals surface area contributed by atoms with Crippen LogP contribution in [-0.2, 0) is 4.74 Å². The smallest absolute Gasteiger partial charge is 0.0924 e. The minimum Gasteiger partial charge on any atom is -0.387 e. The maximum absolute atomic E-state index is 9.60. The lowest BCUT2D eigenvalue weighted by molar-refractivity contribution is -0.0147. The number of hydrogen-bond acceptors (Lipinski definition) is 2. The van der Waals surface area contributed by atoms with Gasteiger partial charge in [-0.3, -0.25) is 0 Å². The molecule has 54 valence electrons. The molecule has 1 aliphatic heterocycles. The van der Waals surface area contributed by atoms with Crippen LogP contribution in [0.3, 0.4) is 0 Å². The van der Waals surface area contributed by atoms with Crippen LogP contribution < -0.4 is 0 Å². The normalized spacial score (nSPS) is 41.3. The van der Waals surface area contributed by atoms with Crippen molar-refractivity contribution in [1.29, 1.82) is 0 Å². The Morgan fingerprint density at radius 2 is 1.78 bits per heavy atom. The predicted molar refractivity (Wildman–Crippen MR) is 35.2 cm³/mol. The van der Waals surface area contributed by atoms with Crippen molar-refractivity contribution in [3.05, 3.63) is 0 Å². The van der Waals surface area contributed by atoms with Gasteiger partial charge >= 0.3 is 0 Å². The van der Waals surface area contributed by atoms with Crippen LogP contribution in [0, 0.1) is 5.41 Å². The molecule has 1 aliphatic rings. The number of ether oxygens (including phenoxy) is 1. The van der Waals surface area contributed by atoms with Gasteiger partial charge in [-0.25, -0.2) is 0 Å². The van der Waals surface area contributed by atoms with Gasteiger partial charge in [-0.15, -0.1) is 0 Å². The standard InChI is InChI=1S/C7H14O2/c1-6(2)4-9-5-7(6,3)8/h8H,4-5H2,1-3H3. The van der Waals surface area contributed by atoms with Gasteiger partial charge < -0.3 is 9.84 Å². The third-order valence-electron chi connectivity index (χ3n) is 2.30. The zero-order valence-electron chi connectivity index (χ0n) is 6.27. The van der Waals surface area contributed by atoms with Crippen molar-refractivity contribution < 1.29 is 9.84 Å². The Morgan fingerprint density at radius 3 is 1.89 bits per heavy atom. The van der Waals surface area contributed by atoms with Crippen LogP contribution >= 0.6 is 0 Å². The molecule has 1 atom stereocenters. The first-order valence-corrected chi connectivity index (χ1v) is 3.26. The Bertz CT molecular complexity index is 102. The van der Waals surface area contributed by atoms with E-state index in [1.165, 1.54) is 0 Å². The van der Waals surface area contributed by atoms with Gasteiger partial charge in [-0.05, 0) is 6.92 Å². The number of aliphatic hydroxyl groups is 1. The quantitative estimate of drug-likeness (QED) is 0.525. The molecule has 0 aromatic heterocycles. The minimum absolute atomic E-state index is 0.0764. The third kappa shape index (κ3) is 0.970. The van der Waals surface area contributed by atoms with E-state index in [4.69, 9.17) is 4.74 Å². The summed E-state index contributed by atoms with van der Waals surface area (Å²) >= 11 is 0. The van der Waals surface area contributed by atoms with Gasteiger partial charge in [0.05, 0.1) is 18.8 Å². The van der Waals surface area contributed by atoms with E-state index in [1.54, 1.807) is 0 Å². The molecule has 0 aliphatic carbocycles. The molecule has 1 rings (SSSR count). The van der Waals surface area contributed by atoms with Gasteiger partial charge in [0.2, 0.25) is 0 Å². The molecule has 2 heteroatoms. The van der Waals surface area contributed by atoms with E-state index in [0.29, 0.717) is 13.2 Å². The minimum atomic E-state index is -0.632. The molecule has 1 fully saturated rings. The highest BCUT2D eigenvalue weighted by Gasteiger charge is 2.44. The highest BCUT2D eigenvalue weighted by atomic mass is 16.5. The van der Waals surface area contributed by atoms with Gasteiger partial charge in [0, 0.05) is 5.41 Å². The summed E-state index contributed by atoms with van der Waals surface area (Å²) in [6.07, 6.45) is 0. The first-order chi connectivity index (χ1) is 3.96. The molecule has 0 radical (unpaired) electrons. The van der Waals surface area contributed by atoms with E-state index >= 15 is 0 Å². The van der Waals surface area contributed by atoms with Crippen molar-refractivity contribution in [1.82, 2.24) is 0 Å². The van der Waals surface area contributed by atoms with Crippen molar-refractivity contribution >= 4 is 0 Å². The highest BCUT2D eigenvalue weighted by Crippen LogP contribution is 2.36. The fraction of sp³-hybridized carbons (Fsp3) is 1.00. The second-order valence-electron chi connectivity index (χ2n) is 3.65. The maximum Gasteiger partial charge on any atom is 0.0924 e. The summed E-state index contributed by atoms with van der Waals surface area (Å²) in [6.45, 7) is 6.99. The summed E-state index contributed by atoms with van der Waals surface area (Å²) in [6, 6.07) is 0. The molecule has 1 heterocycles. The van der Waals surface area contributed by atoms with Crippen LogP contribution in [0.4, 0.5) is 0 Å². The van der Waals surface area contributed by atoms with Crippen molar-refractivity contribution in [3.8, 4) is 0 Å². The highest BCUT2D eigenvalue weighted by molar-refractivity contribution is 4.93. The van der Waals surface area contributed by atoms with Crippen molar-refractivity contribution in [3.63, 3.8) is 0 Å². The molecule has 1 saturated heterocycles. The zero-order chi connectivity index (χ0) is 7.12. The second-order valence-corrected chi connectivity index (χ2v) is 3.65. The average Bonchev–Trinajstić information content (AvgIpc) is 1.81. The largest absolute Gasteiger partial charge is 0.387 e. The van der Waals surface area contributed by atoms with Gasteiger partial charge in [-0.1, -0.05) is 13.8 Å². The molecule has 0 aromatic carbocycles. The van der Waals surface area contributed by atoms with Crippen LogP contribution in [0.1, 0.15) is 20.8 Å². The van der Waals surface area contributed by atoms with Gasteiger partial charge in [0.1, 0.15) is 0 Å². The van der Waals surface area contributed by atoms with Crippen LogP contribution in [0.15, 0.2) is 0 Å². The van der Waals surface area contributed by atoms with E-state index in [9.17, 15) is 5.11 Å². The van der Waals surface area contributed by atoms with E-state index in [2.05, 4.69) is 0 Å². The topological polar surface area (TPSA) is 29.5 Å². The van der Waals surface area contributed by atoms with Crippen molar-refractivity contribution in [2.45, 2.75) is 26.4 Å². The van der Waals surface area contributed by atoms with Crippen molar-refractivity contribution in [2.75, 3.05) is 13.2 Å². The SMILES string of the molecule is CC1(C)COCC1(C)O.